The quantitative estimate of drug-likeness (QED) is 0.151. The molecule has 12 nitrogen and oxygen atoms in total. The number of hydrogen-bond acceptors (Lipinski definition) is 8. The van der Waals surface area contributed by atoms with Gasteiger partial charge in [-0.25, -0.2) is 8.42 Å². The van der Waals surface area contributed by atoms with Gasteiger partial charge in [0.2, 0.25) is 0 Å². The molecule has 43 heavy (non-hydrogen) atoms. The Hall–Kier alpha value is -3.47. The van der Waals surface area contributed by atoms with E-state index in [0.29, 0.717) is 15.6 Å². The number of carboxylic acids is 2. The van der Waals surface area contributed by atoms with Crippen molar-refractivity contribution < 1.29 is 51.4 Å². The Morgan fingerprint density at radius 3 is 1.49 bits per heavy atom. The largest absolute Gasteiger partial charge is 0.508 e. The minimum atomic E-state index is -4.03. The number of anilines is 1. The Labute approximate surface area is 264 Å². The van der Waals surface area contributed by atoms with Crippen LogP contribution in [0.15, 0.2) is 77.7 Å². The highest BCUT2D eigenvalue weighted by Gasteiger charge is 2.27. The van der Waals surface area contributed by atoms with E-state index >= 15 is 0 Å². The molecule has 3 aromatic rings. The molecule has 0 fully saturated rings. The summed E-state index contributed by atoms with van der Waals surface area (Å²) in [5, 5.41) is 35.0. The number of aromatic hydroxyl groups is 1. The zero-order valence-electron chi connectivity index (χ0n) is 22.7. The van der Waals surface area contributed by atoms with E-state index in [1.165, 1.54) is 67.6 Å². The molecule has 236 valence electrons. The van der Waals surface area contributed by atoms with Gasteiger partial charge in [0, 0.05) is 22.0 Å². The summed E-state index contributed by atoms with van der Waals surface area (Å²) >= 11 is 16.0. The third-order valence-electron chi connectivity index (χ3n) is 4.58. The highest BCUT2D eigenvalue weighted by molar-refractivity contribution is 7.92. The summed E-state index contributed by atoms with van der Waals surface area (Å²) in [4.78, 5) is 20.3. The molecule has 3 rings (SSSR count). The maximum Gasteiger partial charge on any atom is 0.324 e. The number of aliphatic hydroxyl groups is 1. The molecule has 0 aliphatic heterocycles. The van der Waals surface area contributed by atoms with Crippen LogP contribution in [-0.2, 0) is 29.7 Å². The zero-order valence-corrected chi connectivity index (χ0v) is 26.6. The van der Waals surface area contributed by atoms with Crippen LogP contribution in [0.5, 0.6) is 5.75 Å². The zero-order chi connectivity index (χ0) is 33.4. The Balaban J connectivity index is 0.000000688. The van der Waals surface area contributed by atoms with Crippen LogP contribution < -0.4 is 4.31 Å². The summed E-state index contributed by atoms with van der Waals surface area (Å²) in [6.45, 7) is 2.27. The molecule has 0 spiro atoms. The van der Waals surface area contributed by atoms with Gasteiger partial charge >= 0.3 is 11.9 Å². The second kappa shape index (κ2) is 18.9. The van der Waals surface area contributed by atoms with Gasteiger partial charge in [0.1, 0.15) is 12.3 Å². The summed E-state index contributed by atoms with van der Waals surface area (Å²) < 4.78 is 53.0. The number of sulfonamides is 1. The Morgan fingerprint density at radius 2 is 1.16 bits per heavy atom. The van der Waals surface area contributed by atoms with Gasteiger partial charge in [-0.15, -0.1) is 0 Å². The molecule has 0 saturated carbocycles. The number of aliphatic hydroxyl groups excluding tert-OH is 1. The second-order valence-electron chi connectivity index (χ2n) is 7.81. The Morgan fingerprint density at radius 1 is 0.767 bits per heavy atom. The van der Waals surface area contributed by atoms with E-state index in [-0.39, 0.29) is 33.6 Å². The van der Waals surface area contributed by atoms with Crippen molar-refractivity contribution in [3.63, 3.8) is 0 Å². The number of benzene rings is 3. The van der Waals surface area contributed by atoms with Gasteiger partial charge < -0.3 is 20.4 Å². The number of carbonyl (C=O) groups is 2. The van der Waals surface area contributed by atoms with Gasteiger partial charge in [-0.2, -0.15) is 8.42 Å². The van der Waals surface area contributed by atoms with Crippen LogP contribution in [-0.4, -0.2) is 71.1 Å². The number of nitrogens with zero attached hydrogens (tertiary/aromatic N) is 1. The van der Waals surface area contributed by atoms with E-state index in [9.17, 15) is 26.4 Å². The lowest BCUT2D eigenvalue weighted by Crippen LogP contribution is -2.35. The van der Waals surface area contributed by atoms with Gasteiger partial charge in [0.05, 0.1) is 16.3 Å². The predicted molar refractivity (Wildman–Crippen MR) is 168 cm³/mol. The van der Waals surface area contributed by atoms with E-state index in [4.69, 9.17) is 48.2 Å². The maximum atomic E-state index is 12.7. The first-order valence-corrected chi connectivity index (χ1v) is 16.0. The third-order valence-corrected chi connectivity index (χ3v) is 7.83. The highest BCUT2D eigenvalue weighted by Crippen LogP contribution is 2.25. The molecule has 0 bridgehead atoms. The fourth-order valence-corrected chi connectivity index (χ4v) is 4.19. The van der Waals surface area contributed by atoms with Crippen LogP contribution in [0.1, 0.15) is 25.8 Å². The minimum absolute atomic E-state index is 0.0481. The number of halogens is 2. The van der Waals surface area contributed by atoms with E-state index in [1.807, 2.05) is 0 Å². The van der Waals surface area contributed by atoms with Crippen LogP contribution in [0.25, 0.3) is 0 Å². The smallest absolute Gasteiger partial charge is 0.324 e. The molecular weight excluding hydrogens is 669 g/mol. The molecule has 0 atom stereocenters. The molecule has 5 N–H and O–H groups in total. The molecule has 0 aliphatic carbocycles. The van der Waals surface area contributed by atoms with E-state index in [2.05, 4.69) is 12.2 Å². The fraction of sp³-hybridized carbons (Fsp3) is 0.192. The van der Waals surface area contributed by atoms with Crippen molar-refractivity contribution >= 4 is 78.2 Å². The van der Waals surface area contributed by atoms with Gasteiger partial charge in [-0.05, 0) is 91.9 Å². The number of thiocarbonyl (C=S) groups is 1. The van der Waals surface area contributed by atoms with Crippen molar-refractivity contribution in [2.24, 2.45) is 0 Å². The van der Waals surface area contributed by atoms with E-state index in [1.54, 1.807) is 19.1 Å². The number of rotatable bonds is 8. The van der Waals surface area contributed by atoms with Crippen molar-refractivity contribution in [1.82, 2.24) is 0 Å². The van der Waals surface area contributed by atoms with Gasteiger partial charge in [0.15, 0.2) is 5.05 Å². The molecule has 0 saturated heterocycles. The summed E-state index contributed by atoms with van der Waals surface area (Å²) in [5.74, 6) is -2.05. The van der Waals surface area contributed by atoms with Gasteiger partial charge in [-0.3, -0.25) is 18.4 Å². The fourth-order valence-electron chi connectivity index (χ4n) is 2.38. The van der Waals surface area contributed by atoms with E-state index < -0.39 is 38.6 Å². The molecule has 17 heteroatoms. The molecule has 0 unspecified atom stereocenters. The summed E-state index contributed by atoms with van der Waals surface area (Å²) in [7, 11) is -7.69. The molecule has 0 heterocycles. The third kappa shape index (κ3) is 16.7. The summed E-state index contributed by atoms with van der Waals surface area (Å²) in [5.41, 5.74) is 0.759. The summed E-state index contributed by atoms with van der Waals surface area (Å²) in [6, 6.07) is 17.4. The maximum absolute atomic E-state index is 12.7. The first-order chi connectivity index (χ1) is 19.8. The molecule has 3 aromatic carbocycles. The number of carboxylic acid groups (broad SMARTS) is 2. The molecule has 0 radical (unpaired) electrons. The predicted octanol–water partition coefficient (Wildman–Crippen LogP) is 5.27. The van der Waals surface area contributed by atoms with Crippen LogP contribution in [0.3, 0.4) is 0 Å². The van der Waals surface area contributed by atoms with Crippen LogP contribution in [0.4, 0.5) is 5.69 Å². The first-order valence-electron chi connectivity index (χ1n) is 11.8. The van der Waals surface area contributed by atoms with Crippen LogP contribution in [0.2, 0.25) is 10.0 Å². The normalized spacial score (nSPS) is 10.3. The molecular formula is C26H29Cl2NO11S3. The lowest BCUT2D eigenvalue weighted by molar-refractivity contribution is -0.137. The van der Waals surface area contributed by atoms with Gasteiger partial charge in [-0.1, -0.05) is 30.1 Å². The van der Waals surface area contributed by atoms with Gasteiger partial charge in [0.25, 0.3) is 20.1 Å². The molecule has 0 aromatic heterocycles. The average molecular weight is 699 g/mol. The van der Waals surface area contributed by atoms with Crippen LogP contribution >= 0.6 is 35.4 Å². The minimum Gasteiger partial charge on any atom is -0.508 e. The Bertz CT molecular complexity index is 1550. The van der Waals surface area contributed by atoms with Crippen molar-refractivity contribution in [2.75, 3.05) is 16.6 Å². The number of hydrogen-bond donors (Lipinski definition) is 5. The Kier molecular flexibility index (Phi) is 17.4. The molecule has 0 amide bonds. The van der Waals surface area contributed by atoms with Crippen molar-refractivity contribution in [2.45, 2.75) is 25.2 Å². The molecule has 0 aliphatic rings. The lowest BCUT2D eigenvalue weighted by atomic mass is 10.2. The topological polar surface area (TPSA) is 207 Å². The average Bonchev–Trinajstić information content (AvgIpc) is 2.93. The van der Waals surface area contributed by atoms with Crippen molar-refractivity contribution in [1.29, 1.82) is 0 Å². The highest BCUT2D eigenvalue weighted by atomic mass is 35.5. The first kappa shape index (κ1) is 39.5. The van der Waals surface area contributed by atoms with Crippen LogP contribution in [0, 0.1) is 0 Å². The number of aliphatic carboxylic acids is 2. The number of phenols is 1. The van der Waals surface area contributed by atoms with E-state index in [0.717, 1.165) is 4.31 Å². The second-order valence-corrected chi connectivity index (χ2v) is 12.7. The standard InChI is InChI=1S/C14H11Cl2NO4S.C7H6O2S.C3H6O2.C2H6O3S/c15-10-1-5-12(6-2-10)17(9-14(18)19)22(20,21)13-7-3-11(16)4-8-13;8-6-3-1-5(2-4-6)7(9)10;1-2-3(4)5;1-2-6(3,4)5/h1-8H,9H2,(H,18,19);1-4,8H,(H,9,10);2H2,1H3,(H,4,5);2H2,1H3,(H,3,4,5). The van der Waals surface area contributed by atoms with Crippen molar-refractivity contribution in [3.8, 4) is 5.75 Å². The lowest BCUT2D eigenvalue weighted by Gasteiger charge is -2.22. The monoisotopic (exact) mass is 697 g/mol. The van der Waals surface area contributed by atoms with Crippen molar-refractivity contribution in [3.05, 3.63) is 88.4 Å². The SMILES string of the molecule is CCC(=O)O.CCS(=O)(=O)O.O=C(O)CN(c1ccc(Cl)cc1)S(=O)(=O)c1ccc(Cl)cc1.OC(=S)c1ccc(O)cc1. The number of phenolic OH excluding ortho intramolecular Hbond substituents is 1. The summed E-state index contributed by atoms with van der Waals surface area (Å²) in [6.07, 6.45) is 0.222.